The van der Waals surface area contributed by atoms with Crippen molar-refractivity contribution >= 4 is 17.9 Å². The molecule has 130 valence electrons. The van der Waals surface area contributed by atoms with Gasteiger partial charge in [-0.1, -0.05) is 42.5 Å². The van der Waals surface area contributed by atoms with E-state index in [4.69, 9.17) is 5.73 Å². The Labute approximate surface area is 147 Å². The van der Waals surface area contributed by atoms with E-state index >= 15 is 0 Å². The Balaban J connectivity index is 2.10. The monoisotopic (exact) mass is 338 g/mol. The lowest BCUT2D eigenvalue weighted by atomic mass is 10.0. The van der Waals surface area contributed by atoms with E-state index in [-0.39, 0.29) is 18.6 Å². The van der Waals surface area contributed by atoms with E-state index in [9.17, 15) is 14.7 Å². The van der Waals surface area contributed by atoms with Crippen molar-refractivity contribution in [3.8, 4) is 0 Å². The molecule has 5 heteroatoms. The molecule has 0 aromatic heterocycles. The highest BCUT2D eigenvalue weighted by atomic mass is 16.3. The van der Waals surface area contributed by atoms with Crippen molar-refractivity contribution in [1.82, 2.24) is 4.90 Å². The molecule has 0 aliphatic rings. The van der Waals surface area contributed by atoms with Crippen LogP contribution in [-0.4, -0.2) is 35.5 Å². The Morgan fingerprint density at radius 1 is 1.12 bits per heavy atom. The van der Waals surface area contributed by atoms with E-state index in [1.54, 1.807) is 42.3 Å². The second-order valence-corrected chi connectivity index (χ2v) is 5.71. The molecule has 0 aliphatic carbocycles. The Morgan fingerprint density at radius 2 is 1.76 bits per heavy atom. The lowest BCUT2D eigenvalue weighted by Crippen LogP contribution is -2.30. The molecule has 0 radical (unpaired) electrons. The summed E-state index contributed by atoms with van der Waals surface area (Å²) in [6.07, 6.45) is 3.63. The molecule has 0 saturated carbocycles. The Hall–Kier alpha value is -2.92. The maximum absolute atomic E-state index is 12.5. The first-order valence-corrected chi connectivity index (χ1v) is 8.03. The summed E-state index contributed by atoms with van der Waals surface area (Å²) in [5, 5.41) is 9.31. The largest absolute Gasteiger partial charge is 0.396 e. The number of amides is 2. The van der Waals surface area contributed by atoms with E-state index in [2.05, 4.69) is 0 Å². The third kappa shape index (κ3) is 5.02. The minimum atomic E-state index is -0.485. The molecule has 3 N–H and O–H groups in total. The minimum absolute atomic E-state index is 0.00449. The number of carbonyl (C=O) groups excluding carboxylic acids is 2. The van der Waals surface area contributed by atoms with Gasteiger partial charge < -0.3 is 15.7 Å². The molecule has 0 saturated heterocycles. The van der Waals surface area contributed by atoms with Crippen LogP contribution in [0.4, 0.5) is 0 Å². The summed E-state index contributed by atoms with van der Waals surface area (Å²) in [6, 6.07) is 16.1. The van der Waals surface area contributed by atoms with Crippen molar-refractivity contribution < 1.29 is 14.7 Å². The van der Waals surface area contributed by atoms with Gasteiger partial charge >= 0.3 is 0 Å². The van der Waals surface area contributed by atoms with Crippen molar-refractivity contribution in [1.29, 1.82) is 0 Å². The van der Waals surface area contributed by atoms with Crippen molar-refractivity contribution in [2.24, 2.45) is 5.73 Å². The van der Waals surface area contributed by atoms with E-state index in [1.807, 2.05) is 30.3 Å². The second kappa shape index (κ2) is 8.80. The topological polar surface area (TPSA) is 83.6 Å². The molecule has 0 fully saturated rings. The Bertz CT molecular complexity index is 739. The van der Waals surface area contributed by atoms with Crippen molar-refractivity contribution in [2.75, 3.05) is 13.7 Å². The van der Waals surface area contributed by atoms with Crippen LogP contribution in [0, 0.1) is 0 Å². The number of aliphatic hydroxyl groups is 1. The highest BCUT2D eigenvalue weighted by Crippen LogP contribution is 2.23. The van der Waals surface area contributed by atoms with Crippen LogP contribution in [0.1, 0.15) is 33.9 Å². The van der Waals surface area contributed by atoms with Gasteiger partial charge in [0.2, 0.25) is 11.8 Å². The third-order valence-corrected chi connectivity index (χ3v) is 4.02. The number of hydrogen-bond donors (Lipinski definition) is 2. The lowest BCUT2D eigenvalue weighted by molar-refractivity contribution is -0.127. The first-order valence-electron chi connectivity index (χ1n) is 8.03. The molecule has 0 aliphatic heterocycles. The molecule has 2 aromatic rings. The average molecular weight is 338 g/mol. The van der Waals surface area contributed by atoms with Crippen molar-refractivity contribution in [2.45, 2.75) is 12.5 Å². The fourth-order valence-corrected chi connectivity index (χ4v) is 2.58. The zero-order chi connectivity index (χ0) is 18.2. The van der Waals surface area contributed by atoms with Gasteiger partial charge in [0.15, 0.2) is 0 Å². The van der Waals surface area contributed by atoms with Gasteiger partial charge in [0.1, 0.15) is 0 Å². The molecular formula is C20H22N2O3. The molecule has 5 nitrogen and oxygen atoms in total. The minimum Gasteiger partial charge on any atom is -0.396 e. The second-order valence-electron chi connectivity index (χ2n) is 5.71. The van der Waals surface area contributed by atoms with Crippen LogP contribution in [0.15, 0.2) is 60.7 Å². The molecule has 2 rings (SSSR count). The first-order chi connectivity index (χ1) is 12.0. The third-order valence-electron chi connectivity index (χ3n) is 4.02. The number of nitrogens with two attached hydrogens (primary N) is 1. The van der Waals surface area contributed by atoms with Gasteiger partial charge in [-0.3, -0.25) is 9.59 Å². The van der Waals surface area contributed by atoms with E-state index in [1.165, 1.54) is 6.08 Å². The maximum Gasteiger partial charge on any atom is 0.248 e. The molecule has 0 spiro atoms. The fraction of sp³-hybridized carbons (Fsp3) is 0.200. The van der Waals surface area contributed by atoms with E-state index in [0.717, 1.165) is 11.1 Å². The summed E-state index contributed by atoms with van der Waals surface area (Å²) >= 11 is 0. The molecule has 0 bridgehead atoms. The number of aliphatic hydroxyl groups excluding tert-OH is 1. The van der Waals surface area contributed by atoms with Gasteiger partial charge in [0.05, 0.1) is 6.04 Å². The maximum atomic E-state index is 12.5. The first kappa shape index (κ1) is 18.4. The van der Waals surface area contributed by atoms with Crippen LogP contribution >= 0.6 is 0 Å². The zero-order valence-corrected chi connectivity index (χ0v) is 14.1. The molecule has 25 heavy (non-hydrogen) atoms. The number of primary amides is 1. The summed E-state index contributed by atoms with van der Waals surface area (Å²) < 4.78 is 0. The quantitative estimate of drug-likeness (QED) is 0.760. The van der Waals surface area contributed by atoms with Crippen LogP contribution in [0.25, 0.3) is 6.08 Å². The highest BCUT2D eigenvalue weighted by Gasteiger charge is 2.19. The number of nitrogens with zero attached hydrogens (tertiary/aromatic N) is 1. The van der Waals surface area contributed by atoms with Crippen LogP contribution in [0.3, 0.4) is 0 Å². The normalized spacial score (nSPS) is 12.1. The Morgan fingerprint density at radius 3 is 2.32 bits per heavy atom. The summed E-state index contributed by atoms with van der Waals surface area (Å²) in [5.74, 6) is -0.651. The summed E-state index contributed by atoms with van der Waals surface area (Å²) in [5.41, 5.74) is 7.40. The zero-order valence-electron chi connectivity index (χ0n) is 14.1. The number of hydrogen-bond acceptors (Lipinski definition) is 3. The SMILES string of the molecule is CN(C(=O)/C=C/c1ccc(C(N)=O)cc1)C(CCO)c1ccccc1. The average Bonchev–Trinajstić information content (AvgIpc) is 2.64. The van der Waals surface area contributed by atoms with Crippen LogP contribution in [0.2, 0.25) is 0 Å². The smallest absolute Gasteiger partial charge is 0.248 e. The lowest BCUT2D eigenvalue weighted by Gasteiger charge is -2.27. The predicted molar refractivity (Wildman–Crippen MR) is 97.6 cm³/mol. The number of rotatable bonds is 7. The van der Waals surface area contributed by atoms with Crippen molar-refractivity contribution in [3.63, 3.8) is 0 Å². The van der Waals surface area contributed by atoms with E-state index in [0.29, 0.717) is 12.0 Å². The van der Waals surface area contributed by atoms with Gasteiger partial charge in [0, 0.05) is 25.3 Å². The standard InChI is InChI=1S/C20H22N2O3/c1-22(18(13-14-23)16-5-3-2-4-6-16)19(24)12-9-15-7-10-17(11-8-15)20(21)25/h2-12,18,23H,13-14H2,1H3,(H2,21,25)/b12-9+. The van der Waals surface area contributed by atoms with E-state index < -0.39 is 5.91 Å². The number of likely N-dealkylation sites (N-methyl/N-ethyl adjacent to an activating group) is 1. The molecule has 1 unspecified atom stereocenters. The van der Waals surface area contributed by atoms with Crippen LogP contribution in [0.5, 0.6) is 0 Å². The summed E-state index contributed by atoms with van der Waals surface area (Å²) in [6.45, 7) is -0.00449. The predicted octanol–water partition coefficient (Wildman–Crippen LogP) is 2.38. The van der Waals surface area contributed by atoms with Gasteiger partial charge in [0.25, 0.3) is 0 Å². The summed E-state index contributed by atoms with van der Waals surface area (Å²) in [4.78, 5) is 25.1. The highest BCUT2D eigenvalue weighted by molar-refractivity contribution is 5.94. The molecule has 2 amide bonds. The Kier molecular flexibility index (Phi) is 6.48. The van der Waals surface area contributed by atoms with Crippen LogP contribution < -0.4 is 5.73 Å². The van der Waals surface area contributed by atoms with Gasteiger partial charge in [-0.05, 0) is 35.8 Å². The number of benzene rings is 2. The van der Waals surface area contributed by atoms with Gasteiger partial charge in [-0.15, -0.1) is 0 Å². The number of carbonyl (C=O) groups is 2. The van der Waals surface area contributed by atoms with Crippen LogP contribution in [-0.2, 0) is 4.79 Å². The molecular weight excluding hydrogens is 316 g/mol. The molecule has 2 aromatic carbocycles. The fourth-order valence-electron chi connectivity index (χ4n) is 2.58. The van der Waals surface area contributed by atoms with Gasteiger partial charge in [-0.2, -0.15) is 0 Å². The molecule has 0 heterocycles. The van der Waals surface area contributed by atoms with Gasteiger partial charge in [-0.25, -0.2) is 0 Å². The summed E-state index contributed by atoms with van der Waals surface area (Å²) in [7, 11) is 1.72. The molecule has 1 atom stereocenters. The van der Waals surface area contributed by atoms with Crippen molar-refractivity contribution in [3.05, 3.63) is 77.4 Å².